The van der Waals surface area contributed by atoms with Crippen LogP contribution in [0.1, 0.15) is 19.8 Å². The highest BCUT2D eigenvalue weighted by atomic mass is 79.9. The third-order valence-corrected chi connectivity index (χ3v) is 10.7. The van der Waals surface area contributed by atoms with Crippen molar-refractivity contribution in [1.82, 2.24) is 8.61 Å². The van der Waals surface area contributed by atoms with Crippen molar-refractivity contribution in [2.24, 2.45) is 5.92 Å². The van der Waals surface area contributed by atoms with Crippen molar-refractivity contribution in [3.05, 3.63) is 46.9 Å². The molecule has 0 radical (unpaired) electrons. The Balaban J connectivity index is 1.54. The van der Waals surface area contributed by atoms with Gasteiger partial charge in [0, 0.05) is 43.7 Å². The smallest absolute Gasteiger partial charge is 0.243 e. The molecule has 0 N–H and O–H groups in total. The van der Waals surface area contributed by atoms with Gasteiger partial charge in [0.25, 0.3) is 0 Å². The van der Waals surface area contributed by atoms with Gasteiger partial charge in [0.1, 0.15) is 5.75 Å². The molecular formula is C23H30BrN3O5S2. The molecule has 0 amide bonds. The summed E-state index contributed by atoms with van der Waals surface area (Å²) in [5.74, 6) is 0.900. The zero-order valence-corrected chi connectivity index (χ0v) is 22.6. The van der Waals surface area contributed by atoms with E-state index in [0.29, 0.717) is 56.6 Å². The van der Waals surface area contributed by atoms with Crippen LogP contribution in [-0.4, -0.2) is 71.8 Å². The summed E-state index contributed by atoms with van der Waals surface area (Å²) in [5, 5.41) is 0. The van der Waals surface area contributed by atoms with Crippen LogP contribution in [0.4, 0.5) is 5.69 Å². The van der Waals surface area contributed by atoms with Crippen LogP contribution in [0.2, 0.25) is 0 Å². The largest absolute Gasteiger partial charge is 0.495 e. The maximum absolute atomic E-state index is 13.3. The van der Waals surface area contributed by atoms with E-state index in [2.05, 4.69) is 22.9 Å². The third-order valence-electron chi connectivity index (χ3n) is 6.44. The van der Waals surface area contributed by atoms with Crippen LogP contribution in [0.3, 0.4) is 0 Å². The van der Waals surface area contributed by atoms with Crippen LogP contribution in [0, 0.1) is 5.92 Å². The number of anilines is 1. The monoisotopic (exact) mass is 571 g/mol. The van der Waals surface area contributed by atoms with Crippen LogP contribution in [-0.2, 0) is 20.0 Å². The Bertz CT molecular complexity index is 1230. The molecule has 186 valence electrons. The van der Waals surface area contributed by atoms with Crippen LogP contribution in [0.5, 0.6) is 5.75 Å². The Morgan fingerprint density at radius 2 is 1.47 bits per heavy atom. The lowest BCUT2D eigenvalue weighted by molar-refractivity contribution is 0.281. The fourth-order valence-electron chi connectivity index (χ4n) is 4.52. The van der Waals surface area contributed by atoms with Gasteiger partial charge in [-0.1, -0.05) is 22.9 Å². The van der Waals surface area contributed by atoms with Crippen LogP contribution < -0.4 is 9.64 Å². The van der Waals surface area contributed by atoms with E-state index in [-0.39, 0.29) is 9.79 Å². The predicted octanol–water partition coefficient (Wildman–Crippen LogP) is 3.39. The molecule has 1 unspecified atom stereocenters. The number of hydrogen-bond donors (Lipinski definition) is 0. The molecule has 2 aliphatic rings. The van der Waals surface area contributed by atoms with E-state index >= 15 is 0 Å². The van der Waals surface area contributed by atoms with Crippen molar-refractivity contribution in [1.29, 1.82) is 0 Å². The first-order valence-electron chi connectivity index (χ1n) is 11.3. The lowest BCUT2D eigenvalue weighted by atomic mass is 10.0. The van der Waals surface area contributed by atoms with Gasteiger partial charge in [-0.15, -0.1) is 0 Å². The van der Waals surface area contributed by atoms with E-state index in [1.54, 1.807) is 53.9 Å². The molecule has 0 spiro atoms. The molecular weight excluding hydrogens is 542 g/mol. The minimum absolute atomic E-state index is 0.238. The summed E-state index contributed by atoms with van der Waals surface area (Å²) in [5.41, 5.74) is 0.661. The average molecular weight is 573 g/mol. The van der Waals surface area contributed by atoms with Gasteiger partial charge < -0.3 is 9.64 Å². The summed E-state index contributed by atoms with van der Waals surface area (Å²) in [4.78, 5) is 2.48. The molecule has 4 rings (SSSR count). The molecule has 2 heterocycles. The van der Waals surface area contributed by atoms with Gasteiger partial charge in [-0.3, -0.25) is 0 Å². The molecule has 34 heavy (non-hydrogen) atoms. The number of halogens is 1. The van der Waals surface area contributed by atoms with Gasteiger partial charge in [-0.05, 0) is 61.2 Å². The third kappa shape index (κ3) is 5.13. The second kappa shape index (κ2) is 10.1. The van der Waals surface area contributed by atoms with Gasteiger partial charge in [0.05, 0.1) is 22.6 Å². The molecule has 0 aromatic heterocycles. The Labute approximate surface area is 210 Å². The topological polar surface area (TPSA) is 87.2 Å². The van der Waals surface area contributed by atoms with Crippen LogP contribution >= 0.6 is 15.9 Å². The van der Waals surface area contributed by atoms with E-state index in [9.17, 15) is 16.8 Å². The predicted molar refractivity (Wildman–Crippen MR) is 135 cm³/mol. The molecule has 0 bridgehead atoms. The SMILES string of the molecule is COc1ccc(S(=O)(=O)N2CCCC(C)C2)cc1N1CCN(S(=O)(=O)c2ccc(Br)cc2)CC1. The Kier molecular flexibility index (Phi) is 7.58. The first-order valence-corrected chi connectivity index (χ1v) is 15.0. The number of ether oxygens (including phenoxy) is 1. The number of piperidine rings is 1. The molecule has 2 saturated heterocycles. The van der Waals surface area contributed by atoms with Crippen molar-refractivity contribution in [2.75, 3.05) is 51.3 Å². The number of nitrogens with zero attached hydrogens (tertiary/aromatic N) is 3. The number of benzene rings is 2. The molecule has 0 saturated carbocycles. The van der Waals surface area contributed by atoms with Gasteiger partial charge in [0.2, 0.25) is 20.0 Å². The zero-order chi connectivity index (χ0) is 24.5. The van der Waals surface area contributed by atoms with E-state index in [4.69, 9.17) is 4.74 Å². The van der Waals surface area contributed by atoms with Crippen molar-refractivity contribution >= 4 is 41.7 Å². The minimum Gasteiger partial charge on any atom is -0.495 e. The highest BCUT2D eigenvalue weighted by Gasteiger charge is 2.32. The number of methoxy groups -OCH3 is 1. The summed E-state index contributed by atoms with van der Waals surface area (Å²) in [6.45, 7) is 4.57. The van der Waals surface area contributed by atoms with Gasteiger partial charge >= 0.3 is 0 Å². The summed E-state index contributed by atoms with van der Waals surface area (Å²) in [7, 11) is -5.66. The molecule has 8 nitrogen and oxygen atoms in total. The lowest BCUT2D eigenvalue weighted by Gasteiger charge is -2.36. The summed E-state index contributed by atoms with van der Waals surface area (Å²) >= 11 is 3.33. The number of rotatable bonds is 6. The zero-order valence-electron chi connectivity index (χ0n) is 19.4. The van der Waals surface area contributed by atoms with Gasteiger partial charge in [-0.2, -0.15) is 8.61 Å². The van der Waals surface area contributed by atoms with E-state index < -0.39 is 20.0 Å². The molecule has 2 aromatic rings. The van der Waals surface area contributed by atoms with Gasteiger partial charge in [-0.25, -0.2) is 16.8 Å². The molecule has 2 fully saturated rings. The van der Waals surface area contributed by atoms with Crippen LogP contribution in [0.25, 0.3) is 0 Å². The minimum atomic E-state index is -3.61. The second-order valence-corrected chi connectivity index (χ2v) is 13.6. The molecule has 2 aromatic carbocycles. The fraction of sp³-hybridized carbons (Fsp3) is 0.478. The van der Waals surface area contributed by atoms with Crippen LogP contribution in [0.15, 0.2) is 56.7 Å². The van der Waals surface area contributed by atoms with E-state index in [1.807, 2.05) is 4.90 Å². The Morgan fingerprint density at radius 3 is 2.09 bits per heavy atom. The summed E-state index contributed by atoms with van der Waals surface area (Å²) in [6, 6.07) is 11.5. The first kappa shape index (κ1) is 25.4. The van der Waals surface area contributed by atoms with Crippen molar-refractivity contribution < 1.29 is 21.6 Å². The maximum atomic E-state index is 13.3. The molecule has 2 aliphatic heterocycles. The second-order valence-electron chi connectivity index (χ2n) is 8.79. The lowest BCUT2D eigenvalue weighted by Crippen LogP contribution is -2.48. The van der Waals surface area contributed by atoms with Crippen molar-refractivity contribution in [3.8, 4) is 5.75 Å². The van der Waals surface area contributed by atoms with Gasteiger partial charge in [0.15, 0.2) is 0 Å². The Morgan fingerprint density at radius 1 is 0.853 bits per heavy atom. The standard InChI is InChI=1S/C23H30BrN3O5S2/c1-18-4-3-11-27(17-18)34(30,31)21-9-10-23(32-2)22(16-21)25-12-14-26(15-13-25)33(28,29)20-7-5-19(24)6-8-20/h5-10,16,18H,3-4,11-15,17H2,1-2H3. The molecule has 11 heteroatoms. The highest BCUT2D eigenvalue weighted by Crippen LogP contribution is 2.34. The van der Waals surface area contributed by atoms with Crippen molar-refractivity contribution in [2.45, 2.75) is 29.6 Å². The quantitative estimate of drug-likeness (QED) is 0.528. The molecule has 1 atom stereocenters. The normalized spacial score (nSPS) is 20.9. The number of sulfonamides is 2. The van der Waals surface area contributed by atoms with E-state index in [0.717, 1.165) is 17.3 Å². The Hall–Kier alpha value is -1.66. The first-order chi connectivity index (χ1) is 16.1. The average Bonchev–Trinajstić information content (AvgIpc) is 2.84. The highest BCUT2D eigenvalue weighted by molar-refractivity contribution is 9.10. The fourth-order valence-corrected chi connectivity index (χ4v) is 7.82. The van der Waals surface area contributed by atoms with Crippen molar-refractivity contribution in [3.63, 3.8) is 0 Å². The summed E-state index contributed by atoms with van der Waals surface area (Å²) < 4.78 is 62.0. The summed E-state index contributed by atoms with van der Waals surface area (Å²) in [6.07, 6.45) is 1.89. The number of hydrogen-bond acceptors (Lipinski definition) is 6. The van der Waals surface area contributed by atoms with E-state index in [1.165, 1.54) is 4.31 Å². The molecule has 0 aliphatic carbocycles. The number of piperazine rings is 1. The maximum Gasteiger partial charge on any atom is 0.243 e.